The summed E-state index contributed by atoms with van der Waals surface area (Å²) < 4.78 is 11.9. The van der Waals surface area contributed by atoms with Crippen LogP contribution in [0.25, 0.3) is 0 Å². The first-order valence-corrected chi connectivity index (χ1v) is 7.38. The number of rotatable bonds is 4. The second kappa shape index (κ2) is 5.68. The fourth-order valence-electron chi connectivity index (χ4n) is 1.99. The van der Waals surface area contributed by atoms with Crippen molar-refractivity contribution in [3.05, 3.63) is 66.2 Å². The molecule has 2 rings (SSSR count). The Morgan fingerprint density at radius 3 is 1.95 bits per heavy atom. The zero-order chi connectivity index (χ0) is 13.9. The summed E-state index contributed by atoms with van der Waals surface area (Å²) >= 11 is 0. The van der Waals surface area contributed by atoms with Crippen LogP contribution in [0.3, 0.4) is 0 Å². The van der Waals surface area contributed by atoms with Crippen molar-refractivity contribution in [1.29, 1.82) is 0 Å². The number of aliphatic hydroxyl groups is 1. The van der Waals surface area contributed by atoms with Gasteiger partial charge in [-0.3, -0.25) is 4.21 Å². The highest BCUT2D eigenvalue weighted by molar-refractivity contribution is 7.86. The lowest BCUT2D eigenvalue weighted by molar-refractivity contribution is 0.141. The molecule has 3 heteroatoms. The molecule has 0 aliphatic rings. The molecule has 100 valence electrons. The molecule has 0 aliphatic heterocycles. The van der Waals surface area contributed by atoms with Gasteiger partial charge >= 0.3 is 0 Å². The molecule has 2 nitrogen and oxygen atoms in total. The summed E-state index contributed by atoms with van der Waals surface area (Å²) in [5, 5.41) is 10.5. The summed E-state index contributed by atoms with van der Waals surface area (Å²) in [4.78, 5) is 0.738. The topological polar surface area (TPSA) is 37.3 Å². The molecule has 2 aromatic carbocycles. The van der Waals surface area contributed by atoms with Crippen molar-refractivity contribution in [3.63, 3.8) is 0 Å². The SMILES string of the molecule is CC(C)([C@H](O)c1ccccc1)[S@@](=O)c1ccccc1. The molecule has 2 aromatic rings. The molecule has 2 atom stereocenters. The van der Waals surface area contributed by atoms with Crippen molar-refractivity contribution in [2.75, 3.05) is 0 Å². The monoisotopic (exact) mass is 274 g/mol. The van der Waals surface area contributed by atoms with Gasteiger partial charge in [0.1, 0.15) is 0 Å². The standard InChI is InChI=1S/C16H18O2S/c1-16(2,15(17)13-9-5-3-6-10-13)19(18)14-11-7-4-8-12-14/h3-12,15,17H,1-2H3/t15-,19+/m1/s1. The van der Waals surface area contributed by atoms with Gasteiger partial charge in [-0.2, -0.15) is 0 Å². The first-order valence-electron chi connectivity index (χ1n) is 6.23. The first-order chi connectivity index (χ1) is 9.03. The molecule has 0 aliphatic carbocycles. The molecule has 0 unspecified atom stereocenters. The van der Waals surface area contributed by atoms with Crippen LogP contribution in [-0.4, -0.2) is 14.1 Å². The Morgan fingerprint density at radius 2 is 1.42 bits per heavy atom. The van der Waals surface area contributed by atoms with Crippen molar-refractivity contribution in [3.8, 4) is 0 Å². The van der Waals surface area contributed by atoms with E-state index in [1.165, 1.54) is 0 Å². The maximum atomic E-state index is 12.6. The van der Waals surface area contributed by atoms with Crippen LogP contribution in [0.1, 0.15) is 25.5 Å². The number of hydrogen-bond donors (Lipinski definition) is 1. The number of benzene rings is 2. The van der Waals surface area contributed by atoms with Gasteiger partial charge in [-0.15, -0.1) is 0 Å². The molecule has 0 radical (unpaired) electrons. The van der Waals surface area contributed by atoms with E-state index in [2.05, 4.69) is 0 Å². The molecule has 0 fully saturated rings. The highest BCUT2D eigenvalue weighted by atomic mass is 32.2. The summed E-state index contributed by atoms with van der Waals surface area (Å²) in [6.45, 7) is 3.65. The summed E-state index contributed by atoms with van der Waals surface area (Å²) in [5.41, 5.74) is 0.789. The van der Waals surface area contributed by atoms with Gasteiger partial charge in [0.2, 0.25) is 0 Å². The van der Waals surface area contributed by atoms with Crippen LogP contribution in [0, 0.1) is 0 Å². The van der Waals surface area contributed by atoms with Gasteiger partial charge in [-0.25, -0.2) is 0 Å². The molecular weight excluding hydrogens is 256 g/mol. The van der Waals surface area contributed by atoms with Crippen LogP contribution in [0.15, 0.2) is 65.6 Å². The molecule has 0 aromatic heterocycles. The number of aliphatic hydroxyl groups excluding tert-OH is 1. The highest BCUT2D eigenvalue weighted by Gasteiger charge is 2.36. The van der Waals surface area contributed by atoms with Crippen molar-refractivity contribution in [2.24, 2.45) is 0 Å². The quantitative estimate of drug-likeness (QED) is 0.928. The second-order valence-electron chi connectivity index (χ2n) is 5.00. The largest absolute Gasteiger partial charge is 0.387 e. The van der Waals surface area contributed by atoms with Crippen LogP contribution in [0.2, 0.25) is 0 Å². The van der Waals surface area contributed by atoms with Crippen LogP contribution in [-0.2, 0) is 10.8 Å². The predicted molar refractivity (Wildman–Crippen MR) is 78.3 cm³/mol. The molecule has 0 heterocycles. The van der Waals surface area contributed by atoms with Crippen LogP contribution in [0.5, 0.6) is 0 Å². The minimum absolute atomic E-state index is 0.738. The lowest BCUT2D eigenvalue weighted by Crippen LogP contribution is -2.34. The molecule has 1 N–H and O–H groups in total. The molecule has 0 bridgehead atoms. The van der Waals surface area contributed by atoms with Crippen molar-refractivity contribution in [1.82, 2.24) is 0 Å². The average molecular weight is 274 g/mol. The van der Waals surface area contributed by atoms with Crippen molar-refractivity contribution >= 4 is 10.8 Å². The van der Waals surface area contributed by atoms with E-state index in [4.69, 9.17) is 0 Å². The van der Waals surface area contributed by atoms with Crippen LogP contribution >= 0.6 is 0 Å². The van der Waals surface area contributed by atoms with Gasteiger partial charge in [0.05, 0.1) is 21.7 Å². The van der Waals surface area contributed by atoms with E-state index in [1.54, 1.807) is 0 Å². The van der Waals surface area contributed by atoms with E-state index in [0.29, 0.717) is 0 Å². The van der Waals surface area contributed by atoms with Crippen LogP contribution in [0.4, 0.5) is 0 Å². The predicted octanol–water partition coefficient (Wildman–Crippen LogP) is 3.31. The summed E-state index contributed by atoms with van der Waals surface area (Å²) in [5.74, 6) is 0. The lowest BCUT2D eigenvalue weighted by atomic mass is 9.98. The maximum absolute atomic E-state index is 12.6. The maximum Gasteiger partial charge on any atom is 0.0959 e. The normalized spacial score (nSPS) is 14.9. The molecule has 0 saturated heterocycles. The van der Waals surface area contributed by atoms with Gasteiger partial charge in [0.25, 0.3) is 0 Å². The van der Waals surface area contributed by atoms with Gasteiger partial charge in [-0.05, 0) is 31.5 Å². The molecule has 0 saturated carbocycles. The summed E-state index contributed by atoms with van der Waals surface area (Å²) in [7, 11) is -1.27. The van der Waals surface area contributed by atoms with Crippen molar-refractivity contribution in [2.45, 2.75) is 29.6 Å². The Kier molecular flexibility index (Phi) is 4.17. The molecular formula is C16H18O2S. The minimum atomic E-state index is -1.27. The Hall–Kier alpha value is -1.45. The van der Waals surface area contributed by atoms with E-state index < -0.39 is 21.7 Å². The zero-order valence-corrected chi connectivity index (χ0v) is 11.9. The highest BCUT2D eigenvalue weighted by Crippen LogP contribution is 2.33. The summed E-state index contributed by atoms with van der Waals surface area (Å²) in [6, 6.07) is 18.6. The smallest absolute Gasteiger partial charge is 0.0959 e. The number of hydrogen-bond acceptors (Lipinski definition) is 2. The molecule has 19 heavy (non-hydrogen) atoms. The van der Waals surface area contributed by atoms with Gasteiger partial charge in [-0.1, -0.05) is 48.5 Å². The third-order valence-electron chi connectivity index (χ3n) is 3.21. The minimum Gasteiger partial charge on any atom is -0.387 e. The third kappa shape index (κ3) is 2.94. The van der Waals surface area contributed by atoms with E-state index >= 15 is 0 Å². The van der Waals surface area contributed by atoms with E-state index in [9.17, 15) is 9.32 Å². The lowest BCUT2D eigenvalue weighted by Gasteiger charge is -2.30. The second-order valence-corrected chi connectivity index (χ2v) is 7.06. The average Bonchev–Trinajstić information content (AvgIpc) is 2.47. The molecule has 0 spiro atoms. The van der Waals surface area contributed by atoms with E-state index in [-0.39, 0.29) is 0 Å². The Balaban J connectivity index is 2.30. The van der Waals surface area contributed by atoms with Crippen molar-refractivity contribution < 1.29 is 9.32 Å². The summed E-state index contributed by atoms with van der Waals surface area (Å²) in [6.07, 6.45) is -0.769. The fraction of sp³-hybridized carbons (Fsp3) is 0.250. The first kappa shape index (κ1) is 14.0. The Morgan fingerprint density at radius 1 is 0.947 bits per heavy atom. The zero-order valence-electron chi connectivity index (χ0n) is 11.1. The van der Waals surface area contributed by atoms with Gasteiger partial charge in [0, 0.05) is 4.90 Å². The van der Waals surface area contributed by atoms with E-state index in [1.807, 2.05) is 74.5 Å². The van der Waals surface area contributed by atoms with Gasteiger partial charge < -0.3 is 5.11 Å². The fourth-order valence-corrected chi connectivity index (χ4v) is 3.34. The van der Waals surface area contributed by atoms with Crippen LogP contribution < -0.4 is 0 Å². The third-order valence-corrected chi connectivity index (χ3v) is 5.09. The molecule has 0 amide bonds. The Labute approximate surface area is 116 Å². The van der Waals surface area contributed by atoms with Gasteiger partial charge in [0.15, 0.2) is 0 Å². The Bertz CT molecular complexity index is 549. The van der Waals surface area contributed by atoms with E-state index in [0.717, 1.165) is 10.5 Å².